The molecule has 0 radical (unpaired) electrons. The van der Waals surface area contributed by atoms with Crippen LogP contribution in [0.15, 0.2) is 0 Å². The van der Waals surface area contributed by atoms with Crippen molar-refractivity contribution in [2.75, 3.05) is 39.3 Å². The molecule has 11 heteroatoms. The van der Waals surface area contributed by atoms with Crippen LogP contribution in [0.25, 0.3) is 0 Å². The summed E-state index contributed by atoms with van der Waals surface area (Å²) in [5.74, 6) is -4.28. The van der Waals surface area contributed by atoms with Crippen LogP contribution in [0.1, 0.15) is 6.92 Å². The molecule has 0 aromatic heterocycles. The van der Waals surface area contributed by atoms with Crippen molar-refractivity contribution in [2.24, 2.45) is 0 Å². The van der Waals surface area contributed by atoms with E-state index in [1.165, 1.54) is 11.8 Å². The lowest BCUT2D eigenvalue weighted by Gasteiger charge is -2.24. The van der Waals surface area contributed by atoms with Crippen molar-refractivity contribution in [1.82, 2.24) is 9.80 Å². The fourth-order valence-electron chi connectivity index (χ4n) is 1.69. The Morgan fingerprint density at radius 2 is 1.22 bits per heavy atom. The Balaban J connectivity index is 4.65. The van der Waals surface area contributed by atoms with E-state index in [0.29, 0.717) is 0 Å². The summed E-state index contributed by atoms with van der Waals surface area (Å²) in [6.07, 6.45) is 0. The zero-order valence-corrected chi connectivity index (χ0v) is 13.4. The largest absolute Gasteiger partial charge is 0.480 e. The molecule has 0 aliphatic rings. The smallest absolute Gasteiger partial charge is 0.321 e. The number of carboxylic acid groups (broad SMARTS) is 3. The number of hydrogen-bond donors (Lipinski definition) is 4. The van der Waals surface area contributed by atoms with Gasteiger partial charge in [-0.25, -0.2) is 0 Å². The number of carbonyl (C=O) groups is 4. The van der Waals surface area contributed by atoms with Crippen molar-refractivity contribution in [3.8, 4) is 0 Å². The molecule has 0 heterocycles. The summed E-state index contributed by atoms with van der Waals surface area (Å²) in [6.45, 7) is -0.339. The molecule has 132 valence electrons. The number of nitrogens with zero attached hydrogens (tertiary/aromatic N) is 2. The molecule has 0 amide bonds. The predicted molar refractivity (Wildman–Crippen MR) is 80.3 cm³/mol. The number of hydrogen-bond acceptors (Lipinski definition) is 8. The molecule has 0 aliphatic carbocycles. The summed E-state index contributed by atoms with van der Waals surface area (Å²) >= 11 is 3.87. The van der Waals surface area contributed by atoms with E-state index in [1.54, 1.807) is 0 Å². The van der Waals surface area contributed by atoms with Crippen molar-refractivity contribution in [1.29, 1.82) is 0 Å². The Bertz CT molecular complexity index is 427. The fraction of sp³-hybridized carbons (Fsp3) is 0.667. The van der Waals surface area contributed by atoms with Crippen LogP contribution in [0.5, 0.6) is 0 Å². The van der Waals surface area contributed by atoms with E-state index in [1.807, 2.05) is 0 Å². The molecular formula is C12H20N2O8S. The van der Waals surface area contributed by atoms with Crippen LogP contribution >= 0.6 is 12.6 Å². The third kappa shape index (κ3) is 12.4. The number of ether oxygens (including phenoxy) is 1. The molecule has 10 nitrogen and oxygen atoms in total. The maximum Gasteiger partial charge on any atom is 0.321 e. The van der Waals surface area contributed by atoms with E-state index >= 15 is 0 Å². The van der Waals surface area contributed by atoms with Crippen LogP contribution in [0.2, 0.25) is 0 Å². The van der Waals surface area contributed by atoms with Gasteiger partial charge in [0, 0.05) is 13.1 Å². The minimum Gasteiger partial charge on any atom is -0.480 e. The molecule has 0 rings (SSSR count). The first-order valence-electron chi connectivity index (χ1n) is 6.57. The molecule has 0 spiro atoms. The van der Waals surface area contributed by atoms with Gasteiger partial charge in [0.25, 0.3) is 0 Å². The van der Waals surface area contributed by atoms with Crippen molar-refractivity contribution in [3.05, 3.63) is 0 Å². The highest BCUT2D eigenvalue weighted by Gasteiger charge is 2.19. The van der Waals surface area contributed by atoms with E-state index in [2.05, 4.69) is 12.6 Å². The minimum atomic E-state index is -1.21. The van der Waals surface area contributed by atoms with Gasteiger partial charge in [0.05, 0.1) is 26.2 Å². The second-order valence-electron chi connectivity index (χ2n) is 4.69. The van der Waals surface area contributed by atoms with Crippen molar-refractivity contribution >= 4 is 36.5 Å². The molecule has 1 atom stereocenters. The maximum absolute atomic E-state index is 11.5. The Morgan fingerprint density at radius 3 is 1.52 bits per heavy atom. The van der Waals surface area contributed by atoms with Gasteiger partial charge in [-0.1, -0.05) is 0 Å². The van der Waals surface area contributed by atoms with Crippen LogP contribution < -0.4 is 0 Å². The first-order valence-corrected chi connectivity index (χ1v) is 7.09. The van der Waals surface area contributed by atoms with E-state index < -0.39 is 48.9 Å². The van der Waals surface area contributed by atoms with Crippen LogP contribution in [0, 0.1) is 0 Å². The maximum atomic E-state index is 11.5. The van der Waals surface area contributed by atoms with Gasteiger partial charge in [-0.2, -0.15) is 0 Å². The first-order chi connectivity index (χ1) is 10.6. The monoisotopic (exact) mass is 352 g/mol. The fourth-order valence-corrected chi connectivity index (χ4v) is 1.81. The van der Waals surface area contributed by atoms with Gasteiger partial charge in [0.15, 0.2) is 0 Å². The summed E-state index contributed by atoms with van der Waals surface area (Å²) in [5, 5.41) is 26.3. The lowest BCUT2D eigenvalue weighted by Crippen LogP contribution is -2.43. The molecule has 0 saturated carbocycles. The van der Waals surface area contributed by atoms with Crippen molar-refractivity contribution in [3.63, 3.8) is 0 Å². The van der Waals surface area contributed by atoms with E-state index in [4.69, 9.17) is 20.1 Å². The van der Waals surface area contributed by atoms with Gasteiger partial charge in [0.1, 0.15) is 5.44 Å². The second kappa shape index (κ2) is 10.8. The lowest BCUT2D eigenvalue weighted by molar-refractivity contribution is -0.148. The molecular weight excluding hydrogens is 332 g/mol. The molecule has 0 aromatic rings. The zero-order chi connectivity index (χ0) is 18.0. The van der Waals surface area contributed by atoms with Crippen LogP contribution in [0.4, 0.5) is 0 Å². The summed E-state index contributed by atoms with van der Waals surface area (Å²) in [6, 6.07) is 0. The molecule has 0 aromatic carbocycles. The SMILES string of the molecule is CC(S)OC(=O)CN(CCN(CC(=O)O)CC(=O)O)CC(=O)O. The summed E-state index contributed by atoms with van der Waals surface area (Å²) in [5.41, 5.74) is -0.648. The summed E-state index contributed by atoms with van der Waals surface area (Å²) in [4.78, 5) is 46.1. The first kappa shape index (κ1) is 21.1. The number of carbonyl (C=O) groups excluding carboxylic acids is 1. The minimum absolute atomic E-state index is 0.0110. The third-order valence-corrected chi connectivity index (χ3v) is 2.57. The predicted octanol–water partition coefficient (Wildman–Crippen LogP) is -1.34. The summed E-state index contributed by atoms with van der Waals surface area (Å²) < 4.78 is 4.79. The highest BCUT2D eigenvalue weighted by atomic mass is 32.1. The molecule has 3 N–H and O–H groups in total. The lowest BCUT2D eigenvalue weighted by atomic mass is 10.4. The van der Waals surface area contributed by atoms with E-state index in [0.717, 1.165) is 4.90 Å². The van der Waals surface area contributed by atoms with Gasteiger partial charge in [0.2, 0.25) is 0 Å². The molecule has 0 aliphatic heterocycles. The quantitative estimate of drug-likeness (QED) is 0.189. The normalized spacial score (nSPS) is 12.2. The van der Waals surface area contributed by atoms with Gasteiger partial charge in [-0.05, 0) is 6.92 Å². The van der Waals surface area contributed by atoms with Gasteiger partial charge >= 0.3 is 23.9 Å². The average molecular weight is 352 g/mol. The van der Waals surface area contributed by atoms with Crippen molar-refractivity contribution < 1.29 is 39.2 Å². The number of aliphatic carboxylic acids is 3. The summed E-state index contributed by atoms with van der Waals surface area (Å²) in [7, 11) is 0. The average Bonchev–Trinajstić information content (AvgIpc) is 2.32. The number of carboxylic acids is 3. The number of esters is 1. The molecule has 0 bridgehead atoms. The van der Waals surface area contributed by atoms with E-state index in [9.17, 15) is 19.2 Å². The third-order valence-electron chi connectivity index (χ3n) is 2.46. The molecule has 0 fully saturated rings. The Hall–Kier alpha value is -1.85. The number of rotatable bonds is 12. The van der Waals surface area contributed by atoms with Gasteiger partial charge in [-0.3, -0.25) is 29.0 Å². The molecule has 23 heavy (non-hydrogen) atoms. The van der Waals surface area contributed by atoms with Crippen LogP contribution in [0.3, 0.4) is 0 Å². The highest BCUT2D eigenvalue weighted by molar-refractivity contribution is 7.80. The van der Waals surface area contributed by atoms with Gasteiger partial charge < -0.3 is 20.1 Å². The standard InChI is InChI=1S/C12H20N2O8S/c1-8(23)22-12(21)7-14(6-11(19)20)3-2-13(4-9(15)16)5-10(17)18/h8,23H,2-7H2,1H3,(H,15,16)(H,17,18)(H,19,20). The Labute approximate surface area is 138 Å². The number of thiol groups is 1. The molecule has 1 unspecified atom stereocenters. The topological polar surface area (TPSA) is 145 Å². The van der Waals surface area contributed by atoms with E-state index in [-0.39, 0.29) is 19.6 Å². The Morgan fingerprint density at radius 1 is 0.870 bits per heavy atom. The highest BCUT2D eigenvalue weighted by Crippen LogP contribution is 1.99. The van der Waals surface area contributed by atoms with Crippen LogP contribution in [-0.4, -0.2) is 93.7 Å². The van der Waals surface area contributed by atoms with Gasteiger partial charge in [-0.15, -0.1) is 12.6 Å². The second-order valence-corrected chi connectivity index (χ2v) is 5.42. The van der Waals surface area contributed by atoms with Crippen LogP contribution in [-0.2, 0) is 23.9 Å². The Kier molecular flexibility index (Phi) is 9.94. The zero-order valence-electron chi connectivity index (χ0n) is 12.5. The van der Waals surface area contributed by atoms with Crippen molar-refractivity contribution in [2.45, 2.75) is 12.4 Å². The molecule has 0 saturated heterocycles.